The Morgan fingerprint density at radius 3 is 2.54 bits per heavy atom. The van der Waals surface area contributed by atoms with Gasteiger partial charge >= 0.3 is 6.61 Å². The van der Waals surface area contributed by atoms with Crippen LogP contribution in [-0.4, -0.2) is 25.0 Å². The third-order valence-corrected chi connectivity index (χ3v) is 4.14. The van der Waals surface area contributed by atoms with Gasteiger partial charge in [-0.05, 0) is 36.8 Å². The van der Waals surface area contributed by atoms with Crippen molar-refractivity contribution in [2.24, 2.45) is 0 Å². The maximum Gasteiger partial charge on any atom is 0.387 e. The van der Waals surface area contributed by atoms with Crippen LogP contribution in [0.1, 0.15) is 28.8 Å². The lowest BCUT2D eigenvalue weighted by Crippen LogP contribution is -2.25. The van der Waals surface area contributed by atoms with E-state index < -0.39 is 6.61 Å². The summed E-state index contributed by atoms with van der Waals surface area (Å²) in [6, 6.07) is 13.0. The highest BCUT2D eigenvalue weighted by Gasteiger charge is 2.21. The van der Waals surface area contributed by atoms with E-state index in [1.54, 1.807) is 47.4 Å². The van der Waals surface area contributed by atoms with Crippen LogP contribution >= 0.6 is 0 Å². The van der Waals surface area contributed by atoms with Gasteiger partial charge in [-0.3, -0.25) is 9.59 Å². The summed E-state index contributed by atoms with van der Waals surface area (Å²) >= 11 is 0. The third kappa shape index (κ3) is 4.17. The molecular formula is C19H18F2N2O3. The van der Waals surface area contributed by atoms with Crippen LogP contribution in [0.15, 0.2) is 48.5 Å². The molecule has 5 nitrogen and oxygen atoms in total. The van der Waals surface area contributed by atoms with Gasteiger partial charge in [0.15, 0.2) is 0 Å². The number of para-hydroxylation sites is 1. The molecule has 2 aromatic carbocycles. The van der Waals surface area contributed by atoms with Crippen molar-refractivity contribution in [3.8, 4) is 5.75 Å². The number of benzene rings is 2. The van der Waals surface area contributed by atoms with Crippen molar-refractivity contribution in [2.45, 2.75) is 26.0 Å². The molecule has 1 aliphatic rings. The van der Waals surface area contributed by atoms with E-state index in [1.807, 2.05) is 0 Å². The number of carbonyl (C=O) groups is 2. The Bertz CT molecular complexity index is 794. The summed E-state index contributed by atoms with van der Waals surface area (Å²) in [5.74, 6) is -0.223. The lowest BCUT2D eigenvalue weighted by molar-refractivity contribution is -0.117. The van der Waals surface area contributed by atoms with E-state index in [2.05, 4.69) is 10.1 Å². The van der Waals surface area contributed by atoms with Crippen molar-refractivity contribution in [1.82, 2.24) is 5.32 Å². The Morgan fingerprint density at radius 1 is 1.15 bits per heavy atom. The molecular weight excluding hydrogens is 342 g/mol. The monoisotopic (exact) mass is 360 g/mol. The van der Waals surface area contributed by atoms with Gasteiger partial charge in [-0.15, -0.1) is 0 Å². The average molecular weight is 360 g/mol. The van der Waals surface area contributed by atoms with Gasteiger partial charge < -0.3 is 15.0 Å². The molecule has 2 aromatic rings. The molecule has 3 rings (SSSR count). The van der Waals surface area contributed by atoms with Gasteiger partial charge in [-0.25, -0.2) is 0 Å². The fraction of sp³-hybridized carbons (Fsp3) is 0.263. The predicted octanol–water partition coefficient (Wildman–Crippen LogP) is 3.34. The van der Waals surface area contributed by atoms with E-state index in [9.17, 15) is 18.4 Å². The van der Waals surface area contributed by atoms with Gasteiger partial charge in [0, 0.05) is 36.3 Å². The normalized spacial score (nSPS) is 14.0. The fourth-order valence-electron chi connectivity index (χ4n) is 2.85. The second-order valence-electron chi connectivity index (χ2n) is 5.86. The molecule has 1 heterocycles. The topological polar surface area (TPSA) is 58.6 Å². The largest absolute Gasteiger partial charge is 0.434 e. The zero-order chi connectivity index (χ0) is 18.5. The van der Waals surface area contributed by atoms with Crippen LogP contribution < -0.4 is 15.0 Å². The maximum absolute atomic E-state index is 12.4. The van der Waals surface area contributed by atoms with Crippen molar-refractivity contribution in [2.75, 3.05) is 11.4 Å². The van der Waals surface area contributed by atoms with E-state index in [-0.39, 0.29) is 24.1 Å². The summed E-state index contributed by atoms with van der Waals surface area (Å²) in [5.41, 5.74) is 1.65. The molecule has 0 spiro atoms. The van der Waals surface area contributed by atoms with Crippen molar-refractivity contribution in [1.29, 1.82) is 0 Å². The molecule has 0 aromatic heterocycles. The Balaban J connectivity index is 1.63. The van der Waals surface area contributed by atoms with E-state index in [1.165, 1.54) is 6.07 Å². The summed E-state index contributed by atoms with van der Waals surface area (Å²) in [6.07, 6.45) is 1.38. The minimum Gasteiger partial charge on any atom is -0.434 e. The van der Waals surface area contributed by atoms with Crippen molar-refractivity contribution in [3.63, 3.8) is 0 Å². The van der Waals surface area contributed by atoms with Crippen LogP contribution in [0, 0.1) is 0 Å². The van der Waals surface area contributed by atoms with Crippen molar-refractivity contribution < 1.29 is 23.1 Å². The van der Waals surface area contributed by atoms with Gasteiger partial charge in [0.25, 0.3) is 5.91 Å². The van der Waals surface area contributed by atoms with Crippen molar-refractivity contribution in [3.05, 3.63) is 59.7 Å². The third-order valence-electron chi connectivity index (χ3n) is 4.14. The molecule has 0 saturated carbocycles. The first kappa shape index (κ1) is 17.8. The summed E-state index contributed by atoms with van der Waals surface area (Å²) in [6.45, 7) is -2.17. The maximum atomic E-state index is 12.4. The standard InChI is InChI=1S/C19H18F2N2O3/c20-19(21)26-16-5-2-1-4-14(16)12-22-18(25)13-7-9-15(10-8-13)23-11-3-6-17(23)24/h1-2,4-5,7-10,19H,3,6,11-12H2,(H,22,25). The number of anilines is 1. The molecule has 1 fully saturated rings. The van der Waals surface area contributed by atoms with E-state index >= 15 is 0 Å². The first-order valence-corrected chi connectivity index (χ1v) is 8.26. The predicted molar refractivity (Wildman–Crippen MR) is 92.3 cm³/mol. The highest BCUT2D eigenvalue weighted by atomic mass is 19.3. The summed E-state index contributed by atoms with van der Waals surface area (Å²) in [4.78, 5) is 25.7. The minimum absolute atomic E-state index is 0.0330. The number of carbonyl (C=O) groups excluding carboxylic acids is 2. The molecule has 2 amide bonds. The molecule has 7 heteroatoms. The Hall–Kier alpha value is -2.96. The second kappa shape index (κ2) is 7.95. The van der Waals surface area contributed by atoms with Crippen LogP contribution in [0.3, 0.4) is 0 Å². The Labute approximate surface area is 149 Å². The van der Waals surface area contributed by atoms with Crippen molar-refractivity contribution >= 4 is 17.5 Å². The van der Waals surface area contributed by atoms with Gasteiger partial charge in [0.2, 0.25) is 5.91 Å². The minimum atomic E-state index is -2.92. The van der Waals surface area contributed by atoms with Crippen LogP contribution in [0.5, 0.6) is 5.75 Å². The molecule has 26 heavy (non-hydrogen) atoms. The zero-order valence-corrected chi connectivity index (χ0v) is 14.0. The highest BCUT2D eigenvalue weighted by Crippen LogP contribution is 2.22. The summed E-state index contributed by atoms with van der Waals surface area (Å²) in [5, 5.41) is 2.68. The average Bonchev–Trinajstić information content (AvgIpc) is 3.06. The molecule has 1 aliphatic heterocycles. The zero-order valence-electron chi connectivity index (χ0n) is 14.0. The van der Waals surface area contributed by atoms with Gasteiger partial charge in [0.05, 0.1) is 0 Å². The number of ether oxygens (including phenoxy) is 1. The molecule has 0 atom stereocenters. The van der Waals surface area contributed by atoms with E-state index in [0.717, 1.165) is 12.1 Å². The number of nitrogens with one attached hydrogen (secondary N) is 1. The van der Waals surface area contributed by atoms with Gasteiger partial charge in [-0.2, -0.15) is 8.78 Å². The van der Waals surface area contributed by atoms with E-state index in [0.29, 0.717) is 24.1 Å². The number of amides is 2. The van der Waals surface area contributed by atoms with Crippen LogP contribution in [0.2, 0.25) is 0 Å². The summed E-state index contributed by atoms with van der Waals surface area (Å²) in [7, 11) is 0. The lowest BCUT2D eigenvalue weighted by atomic mass is 10.1. The lowest BCUT2D eigenvalue weighted by Gasteiger charge is -2.16. The number of nitrogens with zero attached hydrogens (tertiary/aromatic N) is 1. The number of hydrogen-bond donors (Lipinski definition) is 1. The molecule has 0 aliphatic carbocycles. The molecule has 0 radical (unpaired) electrons. The highest BCUT2D eigenvalue weighted by molar-refractivity contribution is 5.97. The molecule has 1 N–H and O–H groups in total. The van der Waals surface area contributed by atoms with Crippen LogP contribution in [0.4, 0.5) is 14.5 Å². The SMILES string of the molecule is O=C(NCc1ccccc1OC(F)F)c1ccc(N2CCCC2=O)cc1. The molecule has 136 valence electrons. The van der Waals surface area contributed by atoms with Crippen LogP contribution in [-0.2, 0) is 11.3 Å². The quantitative estimate of drug-likeness (QED) is 0.860. The van der Waals surface area contributed by atoms with Crippen LogP contribution in [0.25, 0.3) is 0 Å². The first-order chi connectivity index (χ1) is 12.5. The number of halogens is 2. The fourth-order valence-corrected chi connectivity index (χ4v) is 2.85. The van der Waals surface area contributed by atoms with Gasteiger partial charge in [0.1, 0.15) is 5.75 Å². The second-order valence-corrected chi connectivity index (χ2v) is 5.86. The number of alkyl halides is 2. The number of rotatable bonds is 6. The van der Waals surface area contributed by atoms with Gasteiger partial charge in [-0.1, -0.05) is 18.2 Å². The molecule has 0 bridgehead atoms. The Kier molecular flexibility index (Phi) is 5.46. The van der Waals surface area contributed by atoms with E-state index in [4.69, 9.17) is 0 Å². The molecule has 1 saturated heterocycles. The number of hydrogen-bond acceptors (Lipinski definition) is 3. The Morgan fingerprint density at radius 2 is 1.88 bits per heavy atom. The summed E-state index contributed by atoms with van der Waals surface area (Å²) < 4.78 is 29.3. The smallest absolute Gasteiger partial charge is 0.387 e. The molecule has 0 unspecified atom stereocenters. The first-order valence-electron chi connectivity index (χ1n) is 8.26.